The van der Waals surface area contributed by atoms with Crippen molar-refractivity contribution < 1.29 is 0 Å². The van der Waals surface area contributed by atoms with Gasteiger partial charge in [-0.15, -0.1) is 0 Å². The lowest BCUT2D eigenvalue weighted by Gasteiger charge is -2.37. The van der Waals surface area contributed by atoms with Crippen LogP contribution >= 0.6 is 0 Å². The molecule has 2 aliphatic rings. The number of benzene rings is 2. The first-order chi connectivity index (χ1) is 11.2. The number of hydrogen-bond acceptors (Lipinski definition) is 1. The molecule has 0 N–H and O–H groups in total. The Morgan fingerprint density at radius 2 is 2.00 bits per heavy atom. The van der Waals surface area contributed by atoms with Gasteiger partial charge < -0.3 is 0 Å². The fourth-order valence-corrected chi connectivity index (χ4v) is 4.69. The van der Waals surface area contributed by atoms with Gasteiger partial charge in [-0.3, -0.25) is 4.90 Å². The molecule has 0 radical (unpaired) electrons. The van der Waals surface area contributed by atoms with Crippen LogP contribution in [0.1, 0.15) is 41.5 Å². The summed E-state index contributed by atoms with van der Waals surface area (Å²) in [5, 5.41) is 0. The summed E-state index contributed by atoms with van der Waals surface area (Å²) < 4.78 is 0. The zero-order chi connectivity index (χ0) is 15.9. The Labute approximate surface area is 139 Å². The largest absolute Gasteiger partial charge is 0.298 e. The molecule has 2 aromatic rings. The van der Waals surface area contributed by atoms with Crippen LogP contribution in [-0.2, 0) is 13.0 Å². The number of likely N-dealkylation sites (tertiary alicyclic amines) is 1. The summed E-state index contributed by atoms with van der Waals surface area (Å²) in [6, 6.07) is 17.7. The van der Waals surface area contributed by atoms with Crippen LogP contribution in [0.3, 0.4) is 0 Å². The first kappa shape index (κ1) is 14.7. The zero-order valence-corrected chi connectivity index (χ0v) is 14.0. The molecule has 0 unspecified atom stereocenters. The van der Waals surface area contributed by atoms with Crippen LogP contribution in [0.15, 0.2) is 55.1 Å². The van der Waals surface area contributed by atoms with Gasteiger partial charge in [0.15, 0.2) is 0 Å². The Morgan fingerprint density at radius 1 is 1.17 bits per heavy atom. The van der Waals surface area contributed by atoms with Gasteiger partial charge in [0.05, 0.1) is 0 Å². The Balaban J connectivity index is 1.63. The molecular formula is C22H25N. The van der Waals surface area contributed by atoms with Gasteiger partial charge in [0.25, 0.3) is 0 Å². The normalized spacial score (nSPS) is 26.6. The van der Waals surface area contributed by atoms with Crippen LogP contribution < -0.4 is 0 Å². The quantitative estimate of drug-likeness (QED) is 0.781. The van der Waals surface area contributed by atoms with E-state index in [2.05, 4.69) is 66.9 Å². The van der Waals surface area contributed by atoms with E-state index < -0.39 is 0 Å². The van der Waals surface area contributed by atoms with Crippen LogP contribution in [-0.4, -0.2) is 18.0 Å². The molecule has 1 heterocycles. The van der Waals surface area contributed by atoms with E-state index in [1.165, 1.54) is 37.1 Å². The minimum Gasteiger partial charge on any atom is -0.298 e. The van der Waals surface area contributed by atoms with E-state index in [1.54, 1.807) is 11.1 Å². The lowest BCUT2D eigenvalue weighted by Crippen LogP contribution is -2.31. The second-order valence-electron chi connectivity index (χ2n) is 7.48. The molecular weight excluding hydrogens is 278 g/mol. The van der Waals surface area contributed by atoms with E-state index >= 15 is 0 Å². The molecule has 1 heteroatoms. The summed E-state index contributed by atoms with van der Waals surface area (Å²) >= 11 is 0. The molecule has 118 valence electrons. The molecule has 0 bridgehead atoms. The summed E-state index contributed by atoms with van der Waals surface area (Å²) in [7, 11) is 0. The van der Waals surface area contributed by atoms with Crippen molar-refractivity contribution in [2.24, 2.45) is 5.41 Å². The lowest BCUT2D eigenvalue weighted by molar-refractivity contribution is 0.240. The topological polar surface area (TPSA) is 3.24 Å². The number of nitrogens with zero attached hydrogens (tertiary/aromatic N) is 1. The Morgan fingerprint density at radius 3 is 2.78 bits per heavy atom. The molecule has 1 nitrogen and oxygen atoms in total. The van der Waals surface area contributed by atoms with Gasteiger partial charge in [0.1, 0.15) is 0 Å². The molecule has 1 aliphatic heterocycles. The van der Waals surface area contributed by atoms with Crippen molar-refractivity contribution in [1.82, 2.24) is 4.90 Å². The molecule has 0 aromatic heterocycles. The summed E-state index contributed by atoms with van der Waals surface area (Å²) in [5.41, 5.74) is 6.31. The van der Waals surface area contributed by atoms with Gasteiger partial charge in [0, 0.05) is 25.6 Å². The minimum absolute atomic E-state index is 0.418. The van der Waals surface area contributed by atoms with E-state index in [9.17, 15) is 0 Å². The molecule has 1 aliphatic carbocycles. The van der Waals surface area contributed by atoms with Gasteiger partial charge in [-0.2, -0.15) is 0 Å². The SMILES string of the molecule is C=Cc1cccc2c1CC[C@@]1(C)CN(Cc3ccccc3)C[C@@H]21. The smallest absolute Gasteiger partial charge is 0.0234 e. The lowest BCUT2D eigenvalue weighted by atomic mass is 9.66. The Hall–Kier alpha value is -1.86. The first-order valence-corrected chi connectivity index (χ1v) is 8.70. The van der Waals surface area contributed by atoms with E-state index in [4.69, 9.17) is 0 Å². The van der Waals surface area contributed by atoms with E-state index in [1.807, 2.05) is 6.08 Å². The fraction of sp³-hybridized carbons (Fsp3) is 0.364. The highest BCUT2D eigenvalue weighted by molar-refractivity contribution is 5.56. The van der Waals surface area contributed by atoms with Crippen molar-refractivity contribution >= 4 is 6.08 Å². The maximum atomic E-state index is 4.00. The van der Waals surface area contributed by atoms with Crippen molar-refractivity contribution in [3.05, 3.63) is 77.4 Å². The fourth-order valence-electron chi connectivity index (χ4n) is 4.69. The molecule has 1 fully saturated rings. The maximum Gasteiger partial charge on any atom is 0.0234 e. The van der Waals surface area contributed by atoms with E-state index in [0.717, 1.165) is 6.54 Å². The second-order valence-corrected chi connectivity index (χ2v) is 7.48. The number of fused-ring (bicyclic) bond motifs is 3. The van der Waals surface area contributed by atoms with Crippen molar-refractivity contribution in [1.29, 1.82) is 0 Å². The van der Waals surface area contributed by atoms with Gasteiger partial charge >= 0.3 is 0 Å². The Bertz CT molecular complexity index is 718. The molecule has 2 atom stereocenters. The average molecular weight is 303 g/mol. The molecule has 23 heavy (non-hydrogen) atoms. The molecule has 4 rings (SSSR count). The average Bonchev–Trinajstić information content (AvgIpc) is 2.91. The van der Waals surface area contributed by atoms with Crippen LogP contribution in [0.4, 0.5) is 0 Å². The van der Waals surface area contributed by atoms with Crippen LogP contribution in [0.2, 0.25) is 0 Å². The highest BCUT2D eigenvalue weighted by atomic mass is 15.2. The van der Waals surface area contributed by atoms with E-state index in [-0.39, 0.29) is 0 Å². The highest BCUT2D eigenvalue weighted by Crippen LogP contribution is 2.51. The third kappa shape index (κ3) is 2.53. The van der Waals surface area contributed by atoms with Crippen molar-refractivity contribution in [2.75, 3.05) is 13.1 Å². The van der Waals surface area contributed by atoms with Gasteiger partial charge in [-0.25, -0.2) is 0 Å². The van der Waals surface area contributed by atoms with Crippen LogP contribution in [0.25, 0.3) is 6.08 Å². The summed E-state index contributed by atoms with van der Waals surface area (Å²) in [4.78, 5) is 2.65. The third-order valence-corrected chi connectivity index (χ3v) is 5.91. The van der Waals surface area contributed by atoms with E-state index in [0.29, 0.717) is 11.3 Å². The summed E-state index contributed by atoms with van der Waals surface area (Å²) in [5.74, 6) is 0.662. The number of rotatable bonds is 3. The summed E-state index contributed by atoms with van der Waals surface area (Å²) in [6.45, 7) is 9.96. The molecule has 0 amide bonds. The molecule has 2 aromatic carbocycles. The molecule has 0 spiro atoms. The van der Waals surface area contributed by atoms with Crippen LogP contribution in [0.5, 0.6) is 0 Å². The minimum atomic E-state index is 0.418. The van der Waals surface area contributed by atoms with Gasteiger partial charge in [0.2, 0.25) is 0 Å². The molecule has 0 saturated carbocycles. The number of hydrogen-bond donors (Lipinski definition) is 0. The highest BCUT2D eigenvalue weighted by Gasteiger charge is 2.46. The van der Waals surface area contributed by atoms with Crippen molar-refractivity contribution in [2.45, 2.75) is 32.2 Å². The summed E-state index contributed by atoms with van der Waals surface area (Å²) in [6.07, 6.45) is 4.52. The third-order valence-electron chi connectivity index (χ3n) is 5.91. The predicted molar refractivity (Wildman–Crippen MR) is 97.4 cm³/mol. The monoisotopic (exact) mass is 303 g/mol. The predicted octanol–water partition coefficient (Wildman–Crippen LogP) is 4.88. The van der Waals surface area contributed by atoms with Crippen molar-refractivity contribution in [3.8, 4) is 0 Å². The zero-order valence-electron chi connectivity index (χ0n) is 14.0. The standard InChI is InChI=1S/C22H25N/c1-3-18-10-7-11-20-19(18)12-13-22(2)16-23(15-21(20)22)14-17-8-5-4-6-9-17/h3-11,21H,1,12-16H2,2H3/t21-,22-/m0/s1. The van der Waals surface area contributed by atoms with Gasteiger partial charge in [-0.1, -0.05) is 68.1 Å². The second kappa shape index (κ2) is 5.65. The van der Waals surface area contributed by atoms with Crippen molar-refractivity contribution in [3.63, 3.8) is 0 Å². The Kier molecular flexibility index (Phi) is 3.61. The molecule has 1 saturated heterocycles. The van der Waals surface area contributed by atoms with Crippen LogP contribution in [0, 0.1) is 5.41 Å². The first-order valence-electron chi connectivity index (χ1n) is 8.70. The maximum absolute atomic E-state index is 4.00. The van der Waals surface area contributed by atoms with Gasteiger partial charge in [-0.05, 0) is 40.5 Å².